The van der Waals surface area contributed by atoms with Crippen LogP contribution in [-0.2, 0) is 6.42 Å². The van der Waals surface area contributed by atoms with Gasteiger partial charge in [-0.1, -0.05) is 11.6 Å². The van der Waals surface area contributed by atoms with E-state index in [2.05, 4.69) is 27.4 Å². The third kappa shape index (κ3) is 2.22. The molecule has 0 amide bonds. The molecule has 1 nitrogen and oxygen atoms in total. The van der Waals surface area contributed by atoms with Crippen molar-refractivity contribution in [3.8, 4) is 0 Å². The van der Waals surface area contributed by atoms with Crippen molar-refractivity contribution in [2.45, 2.75) is 25.4 Å². The predicted molar refractivity (Wildman–Crippen MR) is 59.0 cm³/mol. The third-order valence-electron chi connectivity index (χ3n) is 2.27. The molecule has 1 aromatic rings. The Kier molecular flexibility index (Phi) is 2.86. The van der Waals surface area contributed by atoms with Gasteiger partial charge >= 0.3 is 0 Å². The normalized spacial score (nSPS) is 22.0. The van der Waals surface area contributed by atoms with Crippen molar-refractivity contribution < 1.29 is 5.11 Å². The van der Waals surface area contributed by atoms with E-state index in [0.29, 0.717) is 0 Å². The van der Waals surface area contributed by atoms with Gasteiger partial charge in [-0.25, -0.2) is 0 Å². The zero-order chi connectivity index (χ0) is 9.26. The van der Waals surface area contributed by atoms with Crippen LogP contribution >= 0.6 is 27.3 Å². The van der Waals surface area contributed by atoms with Gasteiger partial charge in [-0.05, 0) is 40.2 Å². The van der Waals surface area contributed by atoms with E-state index in [1.54, 1.807) is 11.3 Å². The summed E-state index contributed by atoms with van der Waals surface area (Å²) in [5.74, 6) is 0. The molecule has 3 heteroatoms. The number of thiophene rings is 1. The van der Waals surface area contributed by atoms with Gasteiger partial charge in [0, 0.05) is 15.8 Å². The third-order valence-corrected chi connectivity index (χ3v) is 4.19. The molecule has 0 spiro atoms. The molecule has 1 N–H and O–H groups in total. The van der Waals surface area contributed by atoms with Gasteiger partial charge in [0.2, 0.25) is 0 Å². The summed E-state index contributed by atoms with van der Waals surface area (Å²) in [6.45, 7) is 0. The van der Waals surface area contributed by atoms with Gasteiger partial charge in [0.05, 0.1) is 6.10 Å². The second-order valence-electron chi connectivity index (χ2n) is 3.30. The fourth-order valence-corrected chi connectivity index (χ4v) is 3.12. The monoisotopic (exact) mass is 258 g/mol. The summed E-state index contributed by atoms with van der Waals surface area (Å²) in [4.78, 5) is 1.36. The van der Waals surface area contributed by atoms with E-state index in [0.717, 1.165) is 19.3 Å². The van der Waals surface area contributed by atoms with Gasteiger partial charge in [-0.2, -0.15) is 0 Å². The van der Waals surface area contributed by atoms with E-state index >= 15 is 0 Å². The number of aliphatic hydroxyl groups excluding tert-OH is 1. The summed E-state index contributed by atoms with van der Waals surface area (Å²) >= 11 is 5.28. The first-order chi connectivity index (χ1) is 6.25. The minimum absolute atomic E-state index is 0.200. The van der Waals surface area contributed by atoms with Crippen LogP contribution in [0.5, 0.6) is 0 Å². The Labute approximate surface area is 90.2 Å². The zero-order valence-corrected chi connectivity index (χ0v) is 9.57. The summed E-state index contributed by atoms with van der Waals surface area (Å²) in [6, 6.07) is 2.08. The van der Waals surface area contributed by atoms with Crippen molar-refractivity contribution in [1.29, 1.82) is 0 Å². The molecular weight excluding hydrogens is 248 g/mol. The van der Waals surface area contributed by atoms with E-state index in [-0.39, 0.29) is 6.10 Å². The number of aliphatic hydroxyl groups is 1. The number of rotatable bonds is 2. The quantitative estimate of drug-likeness (QED) is 0.809. The van der Waals surface area contributed by atoms with Crippen molar-refractivity contribution >= 4 is 27.3 Å². The number of allylic oxidation sites excluding steroid dienone is 1. The highest BCUT2D eigenvalue weighted by molar-refractivity contribution is 9.10. The van der Waals surface area contributed by atoms with Crippen LogP contribution in [0.25, 0.3) is 0 Å². The van der Waals surface area contributed by atoms with Gasteiger partial charge in [-0.15, -0.1) is 11.3 Å². The number of hydrogen-bond acceptors (Lipinski definition) is 2. The van der Waals surface area contributed by atoms with Gasteiger partial charge in [0.1, 0.15) is 0 Å². The molecule has 0 aromatic carbocycles. The van der Waals surface area contributed by atoms with Crippen molar-refractivity contribution in [2.75, 3.05) is 0 Å². The first-order valence-corrected chi connectivity index (χ1v) is 6.02. The van der Waals surface area contributed by atoms with Crippen LogP contribution in [0, 0.1) is 0 Å². The molecule has 1 aromatic heterocycles. The summed E-state index contributed by atoms with van der Waals surface area (Å²) < 4.78 is 1.19. The molecule has 2 rings (SSSR count). The van der Waals surface area contributed by atoms with E-state index in [1.165, 1.54) is 14.9 Å². The highest BCUT2D eigenvalue weighted by Crippen LogP contribution is 2.29. The van der Waals surface area contributed by atoms with Gasteiger partial charge < -0.3 is 5.11 Å². The standard InChI is InChI=1S/C10H11BrOS/c11-9-3-4-13-10(9)6-7-1-2-8(12)5-7/h3-5,8,12H,1-2,6H2. The average molecular weight is 259 g/mol. The molecule has 0 saturated carbocycles. The molecule has 0 bridgehead atoms. The maximum absolute atomic E-state index is 9.31. The first kappa shape index (κ1) is 9.44. The van der Waals surface area contributed by atoms with Crippen LogP contribution in [0.1, 0.15) is 17.7 Å². The Balaban J connectivity index is 2.07. The average Bonchev–Trinajstić information content (AvgIpc) is 2.64. The van der Waals surface area contributed by atoms with Crippen LogP contribution in [-0.4, -0.2) is 11.2 Å². The van der Waals surface area contributed by atoms with Crippen LogP contribution in [0.2, 0.25) is 0 Å². The molecule has 1 aliphatic carbocycles. The molecule has 1 atom stereocenters. The maximum atomic E-state index is 9.31. The Morgan fingerprint density at radius 2 is 2.46 bits per heavy atom. The molecule has 1 aliphatic rings. The molecule has 13 heavy (non-hydrogen) atoms. The molecule has 1 unspecified atom stereocenters. The van der Waals surface area contributed by atoms with Crippen LogP contribution in [0.15, 0.2) is 27.6 Å². The van der Waals surface area contributed by atoms with Crippen molar-refractivity contribution in [3.05, 3.63) is 32.4 Å². The SMILES string of the molecule is OC1C=C(Cc2sccc2Br)CC1. The van der Waals surface area contributed by atoms with E-state index < -0.39 is 0 Å². The zero-order valence-electron chi connectivity index (χ0n) is 7.16. The lowest BCUT2D eigenvalue weighted by Crippen LogP contribution is -1.93. The second-order valence-corrected chi connectivity index (χ2v) is 5.15. The molecule has 0 radical (unpaired) electrons. The summed E-state index contributed by atoms with van der Waals surface area (Å²) in [5, 5.41) is 11.4. The van der Waals surface area contributed by atoms with Crippen molar-refractivity contribution in [2.24, 2.45) is 0 Å². The Bertz CT molecular complexity index is 329. The van der Waals surface area contributed by atoms with E-state index in [4.69, 9.17) is 0 Å². The Hall–Kier alpha value is -0.120. The lowest BCUT2D eigenvalue weighted by atomic mass is 10.1. The lowest BCUT2D eigenvalue weighted by molar-refractivity contribution is 0.223. The number of halogens is 1. The van der Waals surface area contributed by atoms with Gasteiger partial charge in [0.25, 0.3) is 0 Å². The topological polar surface area (TPSA) is 20.2 Å². The number of hydrogen-bond donors (Lipinski definition) is 1. The largest absolute Gasteiger partial charge is 0.389 e. The fraction of sp³-hybridized carbons (Fsp3) is 0.400. The predicted octanol–water partition coefficient (Wildman–Crippen LogP) is 3.13. The highest BCUT2D eigenvalue weighted by Gasteiger charge is 2.14. The Morgan fingerprint density at radius 3 is 3.00 bits per heavy atom. The maximum Gasteiger partial charge on any atom is 0.0726 e. The van der Waals surface area contributed by atoms with Crippen LogP contribution < -0.4 is 0 Å². The summed E-state index contributed by atoms with van der Waals surface area (Å²) in [5.41, 5.74) is 1.37. The van der Waals surface area contributed by atoms with E-state index in [9.17, 15) is 5.11 Å². The van der Waals surface area contributed by atoms with Crippen LogP contribution in [0.3, 0.4) is 0 Å². The van der Waals surface area contributed by atoms with E-state index in [1.807, 2.05) is 6.08 Å². The molecule has 0 saturated heterocycles. The lowest BCUT2D eigenvalue weighted by Gasteiger charge is -1.98. The molecular formula is C10H11BrOS. The van der Waals surface area contributed by atoms with Gasteiger partial charge in [0.15, 0.2) is 0 Å². The summed E-state index contributed by atoms with van der Waals surface area (Å²) in [7, 11) is 0. The molecule has 1 heterocycles. The van der Waals surface area contributed by atoms with Crippen molar-refractivity contribution in [3.63, 3.8) is 0 Å². The van der Waals surface area contributed by atoms with Crippen LogP contribution in [0.4, 0.5) is 0 Å². The first-order valence-electron chi connectivity index (χ1n) is 4.35. The molecule has 0 aliphatic heterocycles. The smallest absolute Gasteiger partial charge is 0.0726 e. The molecule has 70 valence electrons. The fourth-order valence-electron chi connectivity index (χ4n) is 1.58. The van der Waals surface area contributed by atoms with Gasteiger partial charge in [-0.3, -0.25) is 0 Å². The second kappa shape index (κ2) is 3.95. The summed E-state index contributed by atoms with van der Waals surface area (Å²) in [6.07, 6.45) is 4.74. The molecule has 0 fully saturated rings. The highest BCUT2D eigenvalue weighted by atomic mass is 79.9. The minimum atomic E-state index is -0.200. The minimum Gasteiger partial charge on any atom is -0.389 e. The Morgan fingerprint density at radius 1 is 1.62 bits per heavy atom. The van der Waals surface area contributed by atoms with Crippen molar-refractivity contribution in [1.82, 2.24) is 0 Å².